The van der Waals surface area contributed by atoms with Gasteiger partial charge in [0.2, 0.25) is 0 Å². The Morgan fingerprint density at radius 2 is 2.00 bits per heavy atom. The molecule has 4 aromatic rings. The molecule has 0 atom stereocenters. The average molecular weight is 366 g/mol. The first-order valence-corrected chi connectivity index (χ1v) is 8.28. The number of carbonyl (C=O) groups is 1. The molecular weight excluding hydrogens is 353 g/mol. The molecule has 0 radical (unpaired) electrons. The Bertz CT molecular complexity index is 1120. The third-order valence-corrected chi connectivity index (χ3v) is 4.36. The predicted octanol–water partition coefficient (Wildman–Crippen LogP) is 5.27. The van der Waals surface area contributed by atoms with E-state index in [4.69, 9.17) is 11.6 Å². The zero-order valence-corrected chi connectivity index (χ0v) is 14.2. The van der Waals surface area contributed by atoms with Gasteiger partial charge >= 0.3 is 0 Å². The highest BCUT2D eigenvalue weighted by Gasteiger charge is 2.15. The first-order chi connectivity index (χ1) is 12.6. The standard InChI is InChI=1S/C20H13ClFN3O/c21-16-2-1-8-24-19(16)13-3-5-15(17(22)11-13)20(26)25-14-4-6-18-12(10-14)7-9-23-18/h1-11,23H,(H,25,26). The molecule has 0 saturated carbocycles. The van der Waals surface area contributed by atoms with Gasteiger partial charge in [-0.15, -0.1) is 0 Å². The molecule has 2 aromatic carbocycles. The van der Waals surface area contributed by atoms with Crippen LogP contribution in [0.1, 0.15) is 10.4 Å². The second-order valence-corrected chi connectivity index (χ2v) is 6.17. The van der Waals surface area contributed by atoms with E-state index in [0.29, 0.717) is 22.0 Å². The van der Waals surface area contributed by atoms with Crippen molar-refractivity contribution in [3.8, 4) is 11.3 Å². The van der Waals surface area contributed by atoms with Gasteiger partial charge in [0.15, 0.2) is 0 Å². The minimum Gasteiger partial charge on any atom is -0.361 e. The van der Waals surface area contributed by atoms with Crippen LogP contribution in [0, 0.1) is 5.82 Å². The Kier molecular flexibility index (Phi) is 4.14. The molecule has 2 N–H and O–H groups in total. The van der Waals surface area contributed by atoms with Gasteiger partial charge < -0.3 is 10.3 Å². The Morgan fingerprint density at radius 1 is 1.12 bits per heavy atom. The van der Waals surface area contributed by atoms with E-state index < -0.39 is 11.7 Å². The Balaban J connectivity index is 1.61. The zero-order valence-electron chi connectivity index (χ0n) is 13.5. The van der Waals surface area contributed by atoms with Crippen LogP contribution in [0.15, 0.2) is 67.0 Å². The van der Waals surface area contributed by atoms with Crippen LogP contribution in [0.3, 0.4) is 0 Å². The summed E-state index contributed by atoms with van der Waals surface area (Å²) in [6, 6.07) is 15.0. The molecule has 0 unspecified atom stereocenters. The molecule has 0 spiro atoms. The summed E-state index contributed by atoms with van der Waals surface area (Å²) in [5, 5.41) is 4.10. The number of aromatic nitrogens is 2. The number of nitrogens with zero attached hydrogens (tertiary/aromatic N) is 1. The summed E-state index contributed by atoms with van der Waals surface area (Å²) >= 11 is 6.09. The van der Waals surface area contributed by atoms with E-state index in [1.54, 1.807) is 30.5 Å². The lowest BCUT2D eigenvalue weighted by Crippen LogP contribution is -2.13. The molecule has 0 aliphatic rings. The number of H-pyrrole nitrogens is 1. The quantitative estimate of drug-likeness (QED) is 0.519. The number of nitrogens with one attached hydrogen (secondary N) is 2. The Morgan fingerprint density at radius 3 is 2.81 bits per heavy atom. The minimum atomic E-state index is -0.635. The monoisotopic (exact) mass is 365 g/mol. The van der Waals surface area contributed by atoms with Gasteiger partial charge in [0, 0.05) is 34.5 Å². The number of hydrogen-bond acceptors (Lipinski definition) is 2. The zero-order chi connectivity index (χ0) is 18.1. The van der Waals surface area contributed by atoms with Crippen molar-refractivity contribution in [2.75, 3.05) is 5.32 Å². The van der Waals surface area contributed by atoms with E-state index in [-0.39, 0.29) is 5.56 Å². The molecule has 26 heavy (non-hydrogen) atoms. The number of anilines is 1. The molecule has 2 heterocycles. The van der Waals surface area contributed by atoms with Crippen LogP contribution < -0.4 is 5.32 Å². The molecule has 2 aromatic heterocycles. The number of rotatable bonds is 3. The molecule has 0 fully saturated rings. The second-order valence-electron chi connectivity index (χ2n) is 5.76. The highest BCUT2D eigenvalue weighted by Crippen LogP contribution is 2.27. The van der Waals surface area contributed by atoms with Gasteiger partial charge in [-0.1, -0.05) is 17.7 Å². The van der Waals surface area contributed by atoms with Gasteiger partial charge in [0.1, 0.15) is 5.82 Å². The normalized spacial score (nSPS) is 10.8. The van der Waals surface area contributed by atoms with Crippen LogP contribution in [0.4, 0.5) is 10.1 Å². The topological polar surface area (TPSA) is 57.8 Å². The highest BCUT2D eigenvalue weighted by molar-refractivity contribution is 6.33. The van der Waals surface area contributed by atoms with E-state index in [9.17, 15) is 9.18 Å². The molecule has 128 valence electrons. The van der Waals surface area contributed by atoms with E-state index in [1.807, 2.05) is 24.4 Å². The van der Waals surface area contributed by atoms with Gasteiger partial charge in [-0.3, -0.25) is 9.78 Å². The molecule has 0 aliphatic heterocycles. The molecule has 0 bridgehead atoms. The van der Waals surface area contributed by atoms with Gasteiger partial charge in [-0.25, -0.2) is 4.39 Å². The van der Waals surface area contributed by atoms with Crippen molar-refractivity contribution < 1.29 is 9.18 Å². The van der Waals surface area contributed by atoms with Crippen molar-refractivity contribution in [2.24, 2.45) is 0 Å². The SMILES string of the molecule is O=C(Nc1ccc2[nH]ccc2c1)c1ccc(-c2ncccc2Cl)cc1F. The summed E-state index contributed by atoms with van der Waals surface area (Å²) in [5.74, 6) is -1.15. The lowest BCUT2D eigenvalue weighted by molar-refractivity contribution is 0.102. The van der Waals surface area contributed by atoms with E-state index in [2.05, 4.69) is 15.3 Å². The van der Waals surface area contributed by atoms with Crippen molar-refractivity contribution >= 4 is 34.1 Å². The summed E-state index contributed by atoms with van der Waals surface area (Å²) in [6.07, 6.45) is 3.40. The van der Waals surface area contributed by atoms with Crippen molar-refractivity contribution in [1.29, 1.82) is 0 Å². The van der Waals surface area contributed by atoms with E-state index >= 15 is 0 Å². The summed E-state index contributed by atoms with van der Waals surface area (Å²) < 4.78 is 14.5. The predicted molar refractivity (Wildman–Crippen MR) is 101 cm³/mol. The van der Waals surface area contributed by atoms with Gasteiger partial charge in [0.25, 0.3) is 5.91 Å². The molecule has 0 saturated heterocycles. The highest BCUT2D eigenvalue weighted by atomic mass is 35.5. The summed E-state index contributed by atoms with van der Waals surface area (Å²) in [6.45, 7) is 0. The number of aromatic amines is 1. The Labute approximate surface area is 153 Å². The van der Waals surface area contributed by atoms with Gasteiger partial charge in [-0.2, -0.15) is 0 Å². The van der Waals surface area contributed by atoms with E-state index in [1.165, 1.54) is 12.1 Å². The maximum Gasteiger partial charge on any atom is 0.258 e. The summed E-state index contributed by atoms with van der Waals surface area (Å²) in [7, 11) is 0. The van der Waals surface area contributed by atoms with Crippen LogP contribution in [0.2, 0.25) is 5.02 Å². The van der Waals surface area contributed by atoms with Crippen LogP contribution in [-0.4, -0.2) is 15.9 Å². The molecule has 4 rings (SSSR count). The van der Waals surface area contributed by atoms with Crippen LogP contribution in [-0.2, 0) is 0 Å². The number of halogens is 2. The third kappa shape index (κ3) is 3.05. The summed E-state index contributed by atoms with van der Waals surface area (Å²) in [4.78, 5) is 19.7. The van der Waals surface area contributed by atoms with Crippen LogP contribution in [0.5, 0.6) is 0 Å². The first-order valence-electron chi connectivity index (χ1n) is 7.91. The number of pyridine rings is 1. The fraction of sp³-hybridized carbons (Fsp3) is 0. The number of carbonyl (C=O) groups excluding carboxylic acids is 1. The third-order valence-electron chi connectivity index (χ3n) is 4.06. The lowest BCUT2D eigenvalue weighted by Gasteiger charge is -2.08. The molecule has 1 amide bonds. The van der Waals surface area contributed by atoms with Crippen molar-refractivity contribution in [3.63, 3.8) is 0 Å². The number of fused-ring (bicyclic) bond motifs is 1. The van der Waals surface area contributed by atoms with Crippen molar-refractivity contribution in [3.05, 3.63) is 83.4 Å². The van der Waals surface area contributed by atoms with E-state index in [0.717, 1.165) is 10.9 Å². The minimum absolute atomic E-state index is 0.0463. The number of hydrogen-bond donors (Lipinski definition) is 2. The maximum absolute atomic E-state index is 14.5. The molecular formula is C20H13ClFN3O. The van der Waals surface area contributed by atoms with Gasteiger partial charge in [-0.05, 0) is 48.5 Å². The second kappa shape index (κ2) is 6.61. The van der Waals surface area contributed by atoms with Crippen LogP contribution in [0.25, 0.3) is 22.2 Å². The van der Waals surface area contributed by atoms with Crippen molar-refractivity contribution in [1.82, 2.24) is 9.97 Å². The average Bonchev–Trinajstić information content (AvgIpc) is 3.09. The fourth-order valence-electron chi connectivity index (χ4n) is 2.77. The molecule has 0 aliphatic carbocycles. The molecule has 6 heteroatoms. The summed E-state index contributed by atoms with van der Waals surface area (Å²) in [5.41, 5.74) is 2.50. The Hall–Kier alpha value is -3.18. The maximum atomic E-state index is 14.5. The fourth-order valence-corrected chi connectivity index (χ4v) is 3.00. The first kappa shape index (κ1) is 16.3. The van der Waals surface area contributed by atoms with Gasteiger partial charge in [0.05, 0.1) is 16.3 Å². The molecule has 4 nitrogen and oxygen atoms in total. The lowest BCUT2D eigenvalue weighted by atomic mass is 10.1. The number of benzene rings is 2. The number of amides is 1. The largest absolute Gasteiger partial charge is 0.361 e. The van der Waals surface area contributed by atoms with Crippen LogP contribution >= 0.6 is 11.6 Å². The van der Waals surface area contributed by atoms with Crippen molar-refractivity contribution in [2.45, 2.75) is 0 Å². The smallest absolute Gasteiger partial charge is 0.258 e.